The summed E-state index contributed by atoms with van der Waals surface area (Å²) in [6.45, 7) is 3.83. The van der Waals surface area contributed by atoms with Gasteiger partial charge in [-0.1, -0.05) is 12.1 Å². The molecule has 1 aromatic carbocycles. The van der Waals surface area contributed by atoms with Crippen molar-refractivity contribution in [1.29, 1.82) is 0 Å². The lowest BCUT2D eigenvalue weighted by Gasteiger charge is -2.31. The number of rotatable bonds is 4. The number of morpholine rings is 1. The van der Waals surface area contributed by atoms with Gasteiger partial charge < -0.3 is 14.1 Å². The van der Waals surface area contributed by atoms with E-state index in [-0.39, 0.29) is 17.8 Å². The molecular formula is C18H20FNO3. The molecule has 0 aliphatic carbocycles. The Kier molecular flexibility index (Phi) is 4.76. The Morgan fingerprint density at radius 2 is 2.13 bits per heavy atom. The summed E-state index contributed by atoms with van der Waals surface area (Å²) in [6, 6.07) is 10.0. The maximum Gasteiger partial charge on any atom is 0.223 e. The zero-order valence-electron chi connectivity index (χ0n) is 13.1. The molecule has 1 amide bonds. The summed E-state index contributed by atoms with van der Waals surface area (Å²) >= 11 is 0. The van der Waals surface area contributed by atoms with Crippen molar-refractivity contribution in [3.8, 4) is 11.3 Å². The Bertz CT molecular complexity index is 682. The van der Waals surface area contributed by atoms with E-state index >= 15 is 0 Å². The van der Waals surface area contributed by atoms with Crippen LogP contribution in [-0.4, -0.2) is 36.6 Å². The highest BCUT2D eigenvalue weighted by molar-refractivity contribution is 5.76. The Hall–Kier alpha value is -2.14. The highest BCUT2D eigenvalue weighted by atomic mass is 19.1. The zero-order valence-corrected chi connectivity index (χ0v) is 13.1. The minimum absolute atomic E-state index is 0.0870. The Balaban J connectivity index is 1.59. The van der Waals surface area contributed by atoms with Crippen molar-refractivity contribution < 1.29 is 18.3 Å². The molecule has 1 atom stereocenters. The third kappa shape index (κ3) is 3.79. The lowest BCUT2D eigenvalue weighted by molar-refractivity contribution is -0.138. The number of hydrogen-bond donors (Lipinski definition) is 0. The number of nitrogens with zero attached hydrogens (tertiary/aromatic N) is 1. The Morgan fingerprint density at radius 1 is 1.30 bits per heavy atom. The summed E-state index contributed by atoms with van der Waals surface area (Å²) in [6.07, 6.45) is 0.986. The molecule has 0 spiro atoms. The summed E-state index contributed by atoms with van der Waals surface area (Å²) in [5.74, 6) is 0.972. The molecule has 5 heteroatoms. The van der Waals surface area contributed by atoms with Crippen molar-refractivity contribution in [3.05, 3.63) is 48.0 Å². The van der Waals surface area contributed by atoms with E-state index < -0.39 is 0 Å². The first-order chi connectivity index (χ1) is 11.1. The zero-order chi connectivity index (χ0) is 16.2. The summed E-state index contributed by atoms with van der Waals surface area (Å²) in [7, 11) is 0. The molecule has 1 aliphatic rings. The van der Waals surface area contributed by atoms with Crippen LogP contribution in [0.5, 0.6) is 0 Å². The first-order valence-electron chi connectivity index (χ1n) is 7.86. The third-order valence-electron chi connectivity index (χ3n) is 3.98. The predicted molar refractivity (Wildman–Crippen MR) is 84.4 cm³/mol. The van der Waals surface area contributed by atoms with E-state index in [1.165, 1.54) is 6.07 Å². The van der Waals surface area contributed by atoms with Crippen LogP contribution in [0.2, 0.25) is 0 Å². The van der Waals surface area contributed by atoms with Gasteiger partial charge in [0.25, 0.3) is 0 Å². The molecule has 2 aromatic rings. The van der Waals surface area contributed by atoms with Crippen LogP contribution in [0, 0.1) is 5.82 Å². The lowest BCUT2D eigenvalue weighted by Crippen LogP contribution is -2.44. The molecule has 0 bridgehead atoms. The van der Waals surface area contributed by atoms with E-state index in [4.69, 9.17) is 9.15 Å². The van der Waals surface area contributed by atoms with Crippen molar-refractivity contribution in [2.45, 2.75) is 25.9 Å². The van der Waals surface area contributed by atoms with E-state index in [0.717, 1.165) is 0 Å². The Labute approximate surface area is 134 Å². The first kappa shape index (κ1) is 15.7. The molecular weight excluding hydrogens is 297 g/mol. The van der Waals surface area contributed by atoms with Gasteiger partial charge in [0, 0.05) is 25.9 Å². The van der Waals surface area contributed by atoms with Crippen LogP contribution in [-0.2, 0) is 16.0 Å². The van der Waals surface area contributed by atoms with Gasteiger partial charge in [-0.05, 0) is 31.2 Å². The molecule has 3 rings (SSSR count). The van der Waals surface area contributed by atoms with Gasteiger partial charge in [0.2, 0.25) is 5.91 Å². The molecule has 0 radical (unpaired) electrons. The van der Waals surface area contributed by atoms with Gasteiger partial charge in [-0.2, -0.15) is 0 Å². The summed E-state index contributed by atoms with van der Waals surface area (Å²) in [4.78, 5) is 14.0. The van der Waals surface area contributed by atoms with Crippen LogP contribution in [0.1, 0.15) is 19.1 Å². The van der Waals surface area contributed by atoms with Crippen LogP contribution in [0.15, 0.2) is 40.8 Å². The van der Waals surface area contributed by atoms with Gasteiger partial charge >= 0.3 is 0 Å². The van der Waals surface area contributed by atoms with Gasteiger partial charge in [0.05, 0.1) is 18.3 Å². The van der Waals surface area contributed by atoms with Gasteiger partial charge in [0.1, 0.15) is 17.3 Å². The van der Waals surface area contributed by atoms with Crippen molar-refractivity contribution in [1.82, 2.24) is 4.90 Å². The molecule has 2 heterocycles. The lowest BCUT2D eigenvalue weighted by atomic mass is 10.1. The monoisotopic (exact) mass is 317 g/mol. The number of aryl methyl sites for hydroxylation is 1. The van der Waals surface area contributed by atoms with Crippen LogP contribution in [0.4, 0.5) is 4.39 Å². The fourth-order valence-electron chi connectivity index (χ4n) is 2.75. The van der Waals surface area contributed by atoms with E-state index in [1.54, 1.807) is 30.3 Å². The fraction of sp³-hybridized carbons (Fsp3) is 0.389. The second kappa shape index (κ2) is 6.96. The molecule has 122 valence electrons. The summed E-state index contributed by atoms with van der Waals surface area (Å²) in [5, 5.41) is 0. The second-order valence-corrected chi connectivity index (χ2v) is 5.77. The van der Waals surface area contributed by atoms with Gasteiger partial charge in [-0.15, -0.1) is 0 Å². The number of hydrogen-bond acceptors (Lipinski definition) is 3. The number of benzene rings is 1. The summed E-state index contributed by atoms with van der Waals surface area (Å²) in [5.41, 5.74) is 0.437. The average Bonchev–Trinajstić information content (AvgIpc) is 3.02. The topological polar surface area (TPSA) is 42.7 Å². The second-order valence-electron chi connectivity index (χ2n) is 5.77. The molecule has 23 heavy (non-hydrogen) atoms. The highest BCUT2D eigenvalue weighted by Crippen LogP contribution is 2.25. The van der Waals surface area contributed by atoms with Gasteiger partial charge in [-0.25, -0.2) is 4.39 Å². The predicted octanol–water partition coefficient (Wildman–Crippen LogP) is 3.27. The van der Waals surface area contributed by atoms with Crippen LogP contribution >= 0.6 is 0 Å². The SMILES string of the molecule is CC1CN(C(=O)CCc2ccc(-c3ccccc3F)o2)CCO1. The van der Waals surface area contributed by atoms with Crippen molar-refractivity contribution in [3.63, 3.8) is 0 Å². The molecule has 1 unspecified atom stereocenters. The molecule has 0 saturated carbocycles. The number of halogens is 1. The molecule has 1 aromatic heterocycles. The van der Waals surface area contributed by atoms with E-state index in [0.29, 0.717) is 49.6 Å². The first-order valence-corrected chi connectivity index (χ1v) is 7.86. The standard InChI is InChI=1S/C18H20FNO3/c1-13-12-20(10-11-22-13)18(21)9-7-14-6-8-17(23-14)15-4-2-3-5-16(15)19/h2-6,8,13H,7,9-12H2,1H3. The molecule has 1 saturated heterocycles. The minimum atomic E-state index is -0.313. The maximum absolute atomic E-state index is 13.7. The number of ether oxygens (including phenoxy) is 1. The normalized spacial score (nSPS) is 18.2. The average molecular weight is 317 g/mol. The summed E-state index contributed by atoms with van der Waals surface area (Å²) < 4.78 is 24.9. The smallest absolute Gasteiger partial charge is 0.223 e. The third-order valence-corrected chi connectivity index (χ3v) is 3.98. The highest BCUT2D eigenvalue weighted by Gasteiger charge is 2.21. The van der Waals surface area contributed by atoms with Crippen molar-refractivity contribution in [2.24, 2.45) is 0 Å². The van der Waals surface area contributed by atoms with Crippen molar-refractivity contribution in [2.75, 3.05) is 19.7 Å². The number of amides is 1. The molecule has 1 aliphatic heterocycles. The fourth-order valence-corrected chi connectivity index (χ4v) is 2.75. The molecule has 1 fully saturated rings. The number of carbonyl (C=O) groups is 1. The van der Waals surface area contributed by atoms with E-state index in [1.807, 2.05) is 11.8 Å². The quantitative estimate of drug-likeness (QED) is 0.869. The molecule has 4 nitrogen and oxygen atoms in total. The largest absolute Gasteiger partial charge is 0.461 e. The van der Waals surface area contributed by atoms with E-state index in [2.05, 4.69) is 0 Å². The molecule has 0 N–H and O–H groups in total. The van der Waals surface area contributed by atoms with Crippen LogP contribution in [0.3, 0.4) is 0 Å². The minimum Gasteiger partial charge on any atom is -0.461 e. The van der Waals surface area contributed by atoms with Crippen LogP contribution < -0.4 is 0 Å². The maximum atomic E-state index is 13.7. The van der Waals surface area contributed by atoms with Gasteiger partial charge in [0.15, 0.2) is 0 Å². The number of furan rings is 1. The Morgan fingerprint density at radius 3 is 2.91 bits per heavy atom. The van der Waals surface area contributed by atoms with Crippen molar-refractivity contribution >= 4 is 5.91 Å². The van der Waals surface area contributed by atoms with Gasteiger partial charge in [-0.3, -0.25) is 4.79 Å². The number of carbonyl (C=O) groups excluding carboxylic acids is 1. The van der Waals surface area contributed by atoms with E-state index in [9.17, 15) is 9.18 Å². The van der Waals surface area contributed by atoms with Crippen LogP contribution in [0.25, 0.3) is 11.3 Å².